The molecule has 0 spiro atoms. The molecule has 1 heterocycles. The van der Waals surface area contributed by atoms with Gasteiger partial charge in [0.25, 0.3) is 5.91 Å². The van der Waals surface area contributed by atoms with Gasteiger partial charge in [-0.2, -0.15) is 0 Å². The number of carbonyl (C=O) groups is 2. The van der Waals surface area contributed by atoms with Crippen molar-refractivity contribution >= 4 is 34.6 Å². The van der Waals surface area contributed by atoms with E-state index in [-0.39, 0.29) is 17.9 Å². The van der Waals surface area contributed by atoms with Crippen LogP contribution in [0.15, 0.2) is 46.9 Å². The summed E-state index contributed by atoms with van der Waals surface area (Å²) >= 11 is 1.51. The first-order valence-corrected chi connectivity index (χ1v) is 7.26. The quantitative estimate of drug-likeness (QED) is 0.645. The number of carboxylic acid groups (broad SMARTS) is 1. The summed E-state index contributed by atoms with van der Waals surface area (Å²) in [5, 5.41) is 19.1. The van der Waals surface area contributed by atoms with E-state index in [4.69, 9.17) is 4.84 Å². The van der Waals surface area contributed by atoms with Crippen LogP contribution in [0.25, 0.3) is 0 Å². The van der Waals surface area contributed by atoms with Gasteiger partial charge in [0.1, 0.15) is 0 Å². The van der Waals surface area contributed by atoms with Crippen molar-refractivity contribution < 1.29 is 19.5 Å². The Bertz CT molecular complexity index is 695. The Labute approximate surface area is 131 Å². The molecule has 0 saturated carbocycles. The third-order valence-electron chi connectivity index (χ3n) is 2.70. The Kier molecular flexibility index (Phi) is 5.26. The molecule has 1 aromatic heterocycles. The van der Waals surface area contributed by atoms with Gasteiger partial charge in [-0.05, 0) is 24.4 Å². The van der Waals surface area contributed by atoms with Gasteiger partial charge in [0, 0.05) is 11.3 Å². The van der Waals surface area contributed by atoms with Gasteiger partial charge in [0.15, 0.2) is 6.61 Å². The van der Waals surface area contributed by atoms with Gasteiger partial charge in [0.05, 0.1) is 16.6 Å². The lowest BCUT2D eigenvalue weighted by atomic mass is 10.2. The van der Waals surface area contributed by atoms with Gasteiger partial charge < -0.3 is 20.1 Å². The van der Waals surface area contributed by atoms with Crippen molar-refractivity contribution in [3.63, 3.8) is 0 Å². The first-order valence-electron chi connectivity index (χ1n) is 6.38. The average molecular weight is 317 g/mol. The Morgan fingerprint density at radius 2 is 2.05 bits per heavy atom. The molecular weight excluding hydrogens is 304 g/mol. The summed E-state index contributed by atoms with van der Waals surface area (Å²) in [6.07, 6.45) is 0. The molecule has 114 valence electrons. The number of para-hydroxylation sites is 1. The molecule has 0 aliphatic carbocycles. The number of carboxylic acids is 1. The molecule has 0 unspecified atom stereocenters. The van der Waals surface area contributed by atoms with Crippen LogP contribution in [0, 0.1) is 0 Å². The molecule has 7 heteroatoms. The number of thiophene rings is 1. The minimum absolute atomic E-state index is 0.0888. The van der Waals surface area contributed by atoms with E-state index in [1.54, 1.807) is 19.1 Å². The lowest BCUT2D eigenvalue weighted by molar-refractivity contribution is -0.254. The average Bonchev–Trinajstić information content (AvgIpc) is 3.01. The lowest BCUT2D eigenvalue weighted by Crippen LogP contribution is -2.25. The third-order valence-corrected chi connectivity index (χ3v) is 3.67. The number of carbonyl (C=O) groups excluding carboxylic acids is 2. The number of aromatic carboxylic acids is 1. The maximum absolute atomic E-state index is 11.7. The molecule has 0 atom stereocenters. The molecule has 0 fully saturated rings. The van der Waals surface area contributed by atoms with E-state index in [2.05, 4.69) is 10.5 Å². The minimum atomic E-state index is -1.36. The smallest absolute Gasteiger partial charge is 0.265 e. The molecule has 0 bridgehead atoms. The molecule has 0 aliphatic rings. The summed E-state index contributed by atoms with van der Waals surface area (Å²) in [5.74, 6) is -1.86. The standard InChI is InChI=1S/C15H14N2O4S/c1-10(13-7-4-8-22-13)17-21-9-14(18)16-12-6-3-2-5-11(12)15(19)20/h2-8H,9H2,1H3,(H,16,18)(H,19,20)/p-1/b17-10+. The topological polar surface area (TPSA) is 90.8 Å². The van der Waals surface area contributed by atoms with Crippen LogP contribution in [-0.4, -0.2) is 24.2 Å². The van der Waals surface area contributed by atoms with E-state index < -0.39 is 11.9 Å². The van der Waals surface area contributed by atoms with Crippen LogP contribution in [-0.2, 0) is 9.63 Å². The summed E-state index contributed by atoms with van der Waals surface area (Å²) in [4.78, 5) is 28.6. The van der Waals surface area contributed by atoms with E-state index in [9.17, 15) is 14.7 Å². The van der Waals surface area contributed by atoms with Crippen LogP contribution < -0.4 is 10.4 Å². The van der Waals surface area contributed by atoms with Gasteiger partial charge in [0.2, 0.25) is 0 Å². The summed E-state index contributed by atoms with van der Waals surface area (Å²) < 4.78 is 0. The molecule has 2 aromatic rings. The Morgan fingerprint density at radius 1 is 1.27 bits per heavy atom. The first kappa shape index (κ1) is 15.7. The summed E-state index contributed by atoms with van der Waals surface area (Å²) in [6, 6.07) is 9.77. The molecule has 1 N–H and O–H groups in total. The van der Waals surface area contributed by atoms with Crippen molar-refractivity contribution in [2.45, 2.75) is 6.92 Å². The predicted octanol–water partition coefficient (Wildman–Crippen LogP) is 1.49. The summed E-state index contributed by atoms with van der Waals surface area (Å²) in [5.41, 5.74) is 0.738. The maximum Gasteiger partial charge on any atom is 0.265 e. The van der Waals surface area contributed by atoms with Crippen LogP contribution in [0.3, 0.4) is 0 Å². The van der Waals surface area contributed by atoms with E-state index in [0.717, 1.165) is 4.88 Å². The monoisotopic (exact) mass is 317 g/mol. The van der Waals surface area contributed by atoms with Crippen molar-refractivity contribution in [2.24, 2.45) is 5.16 Å². The van der Waals surface area contributed by atoms with Crippen LogP contribution in [0.2, 0.25) is 0 Å². The molecule has 22 heavy (non-hydrogen) atoms. The zero-order valence-corrected chi connectivity index (χ0v) is 12.6. The van der Waals surface area contributed by atoms with Crippen molar-refractivity contribution in [3.05, 3.63) is 52.2 Å². The molecular formula is C15H13N2O4S-. The highest BCUT2D eigenvalue weighted by Gasteiger charge is 2.08. The zero-order chi connectivity index (χ0) is 15.9. The van der Waals surface area contributed by atoms with Gasteiger partial charge in [-0.3, -0.25) is 4.79 Å². The second-order valence-electron chi connectivity index (χ2n) is 4.31. The van der Waals surface area contributed by atoms with Crippen molar-refractivity contribution in [3.8, 4) is 0 Å². The number of oxime groups is 1. The molecule has 2 rings (SSSR count). The van der Waals surface area contributed by atoms with E-state index in [1.165, 1.54) is 23.5 Å². The van der Waals surface area contributed by atoms with Gasteiger partial charge in [-0.1, -0.05) is 29.4 Å². The number of anilines is 1. The van der Waals surface area contributed by atoms with Crippen LogP contribution >= 0.6 is 11.3 Å². The van der Waals surface area contributed by atoms with E-state index >= 15 is 0 Å². The molecule has 1 amide bonds. The van der Waals surface area contributed by atoms with E-state index in [1.807, 2.05) is 17.5 Å². The Morgan fingerprint density at radius 3 is 2.73 bits per heavy atom. The number of hydrogen-bond acceptors (Lipinski definition) is 6. The number of rotatable bonds is 6. The number of hydrogen-bond donors (Lipinski definition) is 1. The molecule has 1 aromatic carbocycles. The van der Waals surface area contributed by atoms with E-state index in [0.29, 0.717) is 5.71 Å². The van der Waals surface area contributed by atoms with Crippen LogP contribution in [0.4, 0.5) is 5.69 Å². The summed E-state index contributed by atoms with van der Waals surface area (Å²) in [7, 11) is 0. The van der Waals surface area contributed by atoms with Gasteiger partial charge in [-0.25, -0.2) is 0 Å². The Balaban J connectivity index is 1.91. The van der Waals surface area contributed by atoms with Crippen molar-refractivity contribution in [2.75, 3.05) is 11.9 Å². The number of nitrogens with one attached hydrogen (secondary N) is 1. The molecule has 6 nitrogen and oxygen atoms in total. The van der Waals surface area contributed by atoms with Crippen LogP contribution in [0.5, 0.6) is 0 Å². The van der Waals surface area contributed by atoms with Gasteiger partial charge >= 0.3 is 0 Å². The molecule has 0 radical (unpaired) electrons. The Hall–Kier alpha value is -2.67. The summed E-state index contributed by atoms with van der Waals surface area (Å²) in [6.45, 7) is 1.46. The predicted molar refractivity (Wildman–Crippen MR) is 81.9 cm³/mol. The second-order valence-corrected chi connectivity index (χ2v) is 5.26. The highest BCUT2D eigenvalue weighted by molar-refractivity contribution is 7.12. The number of benzene rings is 1. The highest BCUT2D eigenvalue weighted by atomic mass is 32.1. The lowest BCUT2D eigenvalue weighted by Gasteiger charge is -2.11. The SMILES string of the molecule is C/C(=N\OCC(=O)Nc1ccccc1C(=O)[O-])c1cccs1. The normalized spacial score (nSPS) is 11.0. The highest BCUT2D eigenvalue weighted by Crippen LogP contribution is 2.14. The molecule has 0 saturated heterocycles. The third kappa shape index (κ3) is 4.16. The zero-order valence-electron chi connectivity index (χ0n) is 11.7. The fourth-order valence-electron chi connectivity index (χ4n) is 1.67. The molecule has 0 aliphatic heterocycles. The second kappa shape index (κ2) is 7.37. The van der Waals surface area contributed by atoms with Crippen molar-refractivity contribution in [1.29, 1.82) is 0 Å². The minimum Gasteiger partial charge on any atom is -0.545 e. The number of amides is 1. The fourth-order valence-corrected chi connectivity index (χ4v) is 2.34. The van der Waals surface area contributed by atoms with Crippen molar-refractivity contribution in [1.82, 2.24) is 0 Å². The number of nitrogens with zero attached hydrogens (tertiary/aromatic N) is 1. The maximum atomic E-state index is 11.7. The van der Waals surface area contributed by atoms with Crippen LogP contribution in [0.1, 0.15) is 22.2 Å². The fraction of sp³-hybridized carbons (Fsp3) is 0.133. The first-order chi connectivity index (χ1) is 10.6. The van der Waals surface area contributed by atoms with Gasteiger partial charge in [-0.15, -0.1) is 11.3 Å². The largest absolute Gasteiger partial charge is 0.545 e.